The summed E-state index contributed by atoms with van der Waals surface area (Å²) in [6.45, 7) is 1.08. The molecule has 1 N–H and O–H groups in total. The molecular weight excluding hydrogens is 186 g/mol. The molecule has 0 amide bonds. The van der Waals surface area contributed by atoms with Gasteiger partial charge in [0.05, 0.1) is 11.9 Å². The molecule has 0 fully saturated rings. The summed E-state index contributed by atoms with van der Waals surface area (Å²) in [5, 5.41) is 6.87. The number of para-hydroxylation sites is 1. The molecule has 0 spiro atoms. The average molecular weight is 199 g/mol. The number of anilines is 2. The molecule has 76 valence electrons. The molecule has 1 aliphatic heterocycles. The number of hydrogen-bond donors (Lipinski definition) is 1. The van der Waals surface area contributed by atoms with Gasteiger partial charge in [-0.3, -0.25) is 5.10 Å². The van der Waals surface area contributed by atoms with E-state index >= 15 is 0 Å². The highest BCUT2D eigenvalue weighted by Gasteiger charge is 2.17. The number of benzene rings is 1. The van der Waals surface area contributed by atoms with E-state index in [0.29, 0.717) is 0 Å². The van der Waals surface area contributed by atoms with E-state index in [1.54, 1.807) is 0 Å². The summed E-state index contributed by atoms with van der Waals surface area (Å²) in [6, 6.07) is 8.60. The monoisotopic (exact) mass is 199 g/mol. The summed E-state index contributed by atoms with van der Waals surface area (Å²) in [7, 11) is 0. The van der Waals surface area contributed by atoms with E-state index in [0.717, 1.165) is 12.2 Å². The Morgan fingerprint density at radius 2 is 2.20 bits per heavy atom. The Hall–Kier alpha value is -1.77. The van der Waals surface area contributed by atoms with Crippen molar-refractivity contribution in [1.82, 2.24) is 10.2 Å². The third kappa shape index (κ3) is 1.40. The van der Waals surface area contributed by atoms with Gasteiger partial charge in [0, 0.05) is 18.4 Å². The number of aryl methyl sites for hydroxylation is 1. The number of aromatic amines is 1. The summed E-state index contributed by atoms with van der Waals surface area (Å²) in [5.74, 6) is 0. The van der Waals surface area contributed by atoms with Gasteiger partial charge in [-0.1, -0.05) is 18.2 Å². The molecule has 1 aliphatic rings. The maximum Gasteiger partial charge on any atom is 0.0794 e. The second kappa shape index (κ2) is 3.42. The molecule has 0 unspecified atom stereocenters. The fraction of sp³-hybridized carbons (Fsp3) is 0.250. The fourth-order valence-corrected chi connectivity index (χ4v) is 2.19. The smallest absolute Gasteiger partial charge is 0.0794 e. The number of hydrogen-bond acceptors (Lipinski definition) is 2. The lowest BCUT2D eigenvalue weighted by Gasteiger charge is -2.29. The van der Waals surface area contributed by atoms with Gasteiger partial charge in [0.1, 0.15) is 0 Å². The topological polar surface area (TPSA) is 31.9 Å². The average Bonchev–Trinajstić information content (AvgIpc) is 2.82. The molecule has 0 saturated heterocycles. The minimum Gasteiger partial charge on any atom is -0.339 e. The number of rotatable bonds is 1. The normalized spacial score (nSPS) is 15.1. The number of fused-ring (bicyclic) bond motifs is 1. The molecule has 0 bridgehead atoms. The van der Waals surface area contributed by atoms with Gasteiger partial charge in [0.25, 0.3) is 0 Å². The van der Waals surface area contributed by atoms with Crippen LogP contribution >= 0.6 is 0 Å². The lowest BCUT2D eigenvalue weighted by molar-refractivity contribution is 0.767. The fourth-order valence-electron chi connectivity index (χ4n) is 2.19. The lowest BCUT2D eigenvalue weighted by atomic mass is 10.0. The predicted molar refractivity (Wildman–Crippen MR) is 60.4 cm³/mol. The molecule has 2 aromatic rings. The molecule has 3 heteroatoms. The van der Waals surface area contributed by atoms with E-state index in [4.69, 9.17) is 0 Å². The molecule has 0 saturated carbocycles. The van der Waals surface area contributed by atoms with Crippen molar-refractivity contribution in [3.8, 4) is 0 Å². The first kappa shape index (κ1) is 8.53. The van der Waals surface area contributed by atoms with Crippen molar-refractivity contribution in [3.63, 3.8) is 0 Å². The van der Waals surface area contributed by atoms with Crippen molar-refractivity contribution in [2.24, 2.45) is 0 Å². The minimum absolute atomic E-state index is 1.08. The Balaban J connectivity index is 2.06. The standard InChI is InChI=1S/C12H13N3/c1-2-6-12-10(4-1)5-3-7-15(12)11-8-13-14-9-11/h1-2,4,6,8-9H,3,5,7H2,(H,13,14). The maximum absolute atomic E-state index is 4.00. The molecular formula is C12H13N3. The van der Waals surface area contributed by atoms with E-state index in [9.17, 15) is 0 Å². The van der Waals surface area contributed by atoms with Crippen molar-refractivity contribution in [1.29, 1.82) is 0 Å². The summed E-state index contributed by atoms with van der Waals surface area (Å²) in [4.78, 5) is 2.32. The summed E-state index contributed by atoms with van der Waals surface area (Å²) < 4.78 is 0. The summed E-state index contributed by atoms with van der Waals surface area (Å²) >= 11 is 0. The van der Waals surface area contributed by atoms with E-state index in [1.165, 1.54) is 24.1 Å². The number of nitrogens with one attached hydrogen (secondary N) is 1. The van der Waals surface area contributed by atoms with E-state index in [2.05, 4.69) is 39.4 Å². The van der Waals surface area contributed by atoms with Gasteiger partial charge in [-0.25, -0.2) is 0 Å². The van der Waals surface area contributed by atoms with Gasteiger partial charge in [-0.2, -0.15) is 5.10 Å². The number of H-pyrrole nitrogens is 1. The van der Waals surface area contributed by atoms with Crippen molar-refractivity contribution in [2.75, 3.05) is 11.4 Å². The van der Waals surface area contributed by atoms with Crippen molar-refractivity contribution in [2.45, 2.75) is 12.8 Å². The maximum atomic E-state index is 4.00. The largest absolute Gasteiger partial charge is 0.339 e. The van der Waals surface area contributed by atoms with Crippen molar-refractivity contribution < 1.29 is 0 Å². The van der Waals surface area contributed by atoms with E-state index in [-0.39, 0.29) is 0 Å². The van der Waals surface area contributed by atoms with Crippen LogP contribution in [0.4, 0.5) is 11.4 Å². The first-order valence-electron chi connectivity index (χ1n) is 5.29. The quantitative estimate of drug-likeness (QED) is 0.765. The third-order valence-electron chi connectivity index (χ3n) is 2.91. The van der Waals surface area contributed by atoms with Crippen LogP contribution in [0.25, 0.3) is 0 Å². The Kier molecular flexibility index (Phi) is 1.95. The molecule has 0 aliphatic carbocycles. The Bertz CT molecular complexity index is 448. The van der Waals surface area contributed by atoms with Crippen LogP contribution in [0.1, 0.15) is 12.0 Å². The van der Waals surface area contributed by atoms with E-state index in [1.807, 2.05) is 12.4 Å². The summed E-state index contributed by atoms with van der Waals surface area (Å²) in [5.41, 5.74) is 3.91. The second-order valence-corrected chi connectivity index (χ2v) is 3.84. The van der Waals surface area contributed by atoms with Crippen LogP contribution in [0, 0.1) is 0 Å². The predicted octanol–water partition coefficient (Wildman–Crippen LogP) is 2.49. The number of nitrogens with zero attached hydrogens (tertiary/aromatic N) is 2. The Morgan fingerprint density at radius 1 is 1.27 bits per heavy atom. The van der Waals surface area contributed by atoms with Crippen LogP contribution in [-0.4, -0.2) is 16.7 Å². The highest BCUT2D eigenvalue weighted by Crippen LogP contribution is 2.32. The zero-order chi connectivity index (χ0) is 10.1. The SMILES string of the molecule is c1ccc2c(c1)CCCN2c1cn[nH]c1. The van der Waals surface area contributed by atoms with Crippen LogP contribution in [-0.2, 0) is 6.42 Å². The highest BCUT2D eigenvalue weighted by molar-refractivity contribution is 5.66. The van der Waals surface area contributed by atoms with Crippen molar-refractivity contribution >= 4 is 11.4 Å². The molecule has 1 aromatic carbocycles. The van der Waals surface area contributed by atoms with Gasteiger partial charge in [0.15, 0.2) is 0 Å². The lowest BCUT2D eigenvalue weighted by Crippen LogP contribution is -2.23. The Labute approximate surface area is 88.7 Å². The van der Waals surface area contributed by atoms with Gasteiger partial charge < -0.3 is 4.90 Å². The first-order chi connectivity index (χ1) is 7.45. The van der Waals surface area contributed by atoms with Crippen molar-refractivity contribution in [3.05, 3.63) is 42.2 Å². The third-order valence-corrected chi connectivity index (χ3v) is 2.91. The molecule has 0 atom stereocenters. The second-order valence-electron chi connectivity index (χ2n) is 3.84. The molecule has 3 rings (SSSR count). The van der Waals surface area contributed by atoms with Gasteiger partial charge in [-0.15, -0.1) is 0 Å². The number of aromatic nitrogens is 2. The van der Waals surface area contributed by atoms with E-state index < -0.39 is 0 Å². The van der Waals surface area contributed by atoms with Crippen LogP contribution in [0.3, 0.4) is 0 Å². The Morgan fingerprint density at radius 3 is 3.07 bits per heavy atom. The minimum atomic E-state index is 1.08. The molecule has 15 heavy (non-hydrogen) atoms. The van der Waals surface area contributed by atoms with Crippen LogP contribution in [0.2, 0.25) is 0 Å². The first-order valence-corrected chi connectivity index (χ1v) is 5.29. The van der Waals surface area contributed by atoms with Gasteiger partial charge in [-0.05, 0) is 24.5 Å². The molecule has 0 radical (unpaired) electrons. The summed E-state index contributed by atoms with van der Waals surface area (Å²) in [6.07, 6.45) is 6.22. The zero-order valence-corrected chi connectivity index (χ0v) is 8.48. The molecule has 1 aromatic heterocycles. The van der Waals surface area contributed by atoms with Gasteiger partial charge >= 0.3 is 0 Å². The molecule has 2 heterocycles. The zero-order valence-electron chi connectivity index (χ0n) is 8.48. The van der Waals surface area contributed by atoms with Crippen LogP contribution in [0.15, 0.2) is 36.7 Å². The highest BCUT2D eigenvalue weighted by atomic mass is 15.2. The van der Waals surface area contributed by atoms with Gasteiger partial charge in [0.2, 0.25) is 0 Å². The molecule has 3 nitrogen and oxygen atoms in total. The van der Waals surface area contributed by atoms with Crippen LogP contribution in [0.5, 0.6) is 0 Å². The van der Waals surface area contributed by atoms with Crippen LogP contribution < -0.4 is 4.90 Å².